The molecular weight excluding hydrogens is 465 g/mol. The largest absolute Gasteiger partial charge is 0.460 e. The van der Waals surface area contributed by atoms with E-state index in [-0.39, 0.29) is 18.4 Å². The maximum atomic E-state index is 13.7. The number of esters is 1. The van der Waals surface area contributed by atoms with Crippen LogP contribution in [-0.4, -0.2) is 53.2 Å². The molecule has 196 valence electrons. The molecule has 0 aromatic carbocycles. The summed E-state index contributed by atoms with van der Waals surface area (Å²) in [5.41, 5.74) is -1.06. The van der Waals surface area contributed by atoms with Crippen LogP contribution in [-0.2, 0) is 19.1 Å². The predicted molar refractivity (Wildman–Crippen MR) is 112 cm³/mol. The van der Waals surface area contributed by atoms with E-state index in [4.69, 9.17) is 9.47 Å². The molecule has 0 radical (unpaired) electrons. The first kappa shape index (κ1) is 28.3. The quantitative estimate of drug-likeness (QED) is 0.322. The number of halogens is 5. The molecule has 1 unspecified atom stereocenters. The van der Waals surface area contributed by atoms with E-state index in [2.05, 4.69) is 0 Å². The summed E-state index contributed by atoms with van der Waals surface area (Å²) in [5, 5.41) is 0. The number of ether oxygens (including phenoxy) is 2. The molecular formula is C23H34F5NO5. The fourth-order valence-electron chi connectivity index (χ4n) is 4.49. The second kappa shape index (κ2) is 9.97. The molecule has 4 atom stereocenters. The SMILES string of the molecule is CC(C)[C@@H](C)[C@H]1COC(=O)N1C(=O)[C@H](CCC(F)(F)F)C(C(=O)OC(C)(C)C)C1CC(F)(F)C1. The highest BCUT2D eigenvalue weighted by molar-refractivity contribution is 5.97. The number of rotatable bonds is 8. The summed E-state index contributed by atoms with van der Waals surface area (Å²) in [6, 6.07) is -0.740. The van der Waals surface area contributed by atoms with Crippen molar-refractivity contribution in [3.05, 3.63) is 0 Å². The highest BCUT2D eigenvalue weighted by Gasteiger charge is 2.56. The van der Waals surface area contributed by atoms with E-state index in [1.54, 1.807) is 6.92 Å². The van der Waals surface area contributed by atoms with Crippen LogP contribution >= 0.6 is 0 Å². The van der Waals surface area contributed by atoms with Crippen molar-refractivity contribution < 1.29 is 45.8 Å². The molecule has 0 bridgehead atoms. The maximum Gasteiger partial charge on any atom is 0.416 e. The highest BCUT2D eigenvalue weighted by Crippen LogP contribution is 2.50. The van der Waals surface area contributed by atoms with E-state index in [1.807, 2.05) is 13.8 Å². The Balaban J connectivity index is 2.46. The van der Waals surface area contributed by atoms with Gasteiger partial charge in [-0.2, -0.15) is 13.2 Å². The zero-order valence-corrected chi connectivity index (χ0v) is 20.4. The highest BCUT2D eigenvalue weighted by atomic mass is 19.4. The van der Waals surface area contributed by atoms with Gasteiger partial charge in [-0.3, -0.25) is 9.59 Å². The van der Waals surface area contributed by atoms with Crippen LogP contribution in [0.4, 0.5) is 26.7 Å². The third-order valence-electron chi connectivity index (χ3n) is 6.60. The van der Waals surface area contributed by atoms with Gasteiger partial charge < -0.3 is 9.47 Å². The minimum Gasteiger partial charge on any atom is -0.460 e. The number of imide groups is 1. The van der Waals surface area contributed by atoms with Crippen molar-refractivity contribution in [2.75, 3.05) is 6.61 Å². The van der Waals surface area contributed by atoms with Crippen molar-refractivity contribution in [2.45, 2.75) is 91.0 Å². The minimum absolute atomic E-state index is 0.00963. The van der Waals surface area contributed by atoms with Crippen LogP contribution in [0.2, 0.25) is 0 Å². The molecule has 1 aliphatic heterocycles. The molecule has 0 aromatic rings. The summed E-state index contributed by atoms with van der Waals surface area (Å²) in [6.45, 7) is 9.95. The molecule has 6 nitrogen and oxygen atoms in total. The van der Waals surface area contributed by atoms with Crippen LogP contribution in [0, 0.1) is 29.6 Å². The van der Waals surface area contributed by atoms with E-state index < -0.39 is 85.1 Å². The number of carbonyl (C=O) groups is 3. The molecule has 0 spiro atoms. The Morgan fingerprint density at radius 1 is 1.15 bits per heavy atom. The lowest BCUT2D eigenvalue weighted by atomic mass is 9.67. The molecule has 0 N–H and O–H groups in total. The zero-order valence-electron chi connectivity index (χ0n) is 20.4. The molecule has 1 saturated carbocycles. The van der Waals surface area contributed by atoms with Crippen LogP contribution in [0.5, 0.6) is 0 Å². The van der Waals surface area contributed by atoms with Crippen LogP contribution in [0.3, 0.4) is 0 Å². The number of nitrogens with zero attached hydrogens (tertiary/aromatic N) is 1. The average molecular weight is 500 g/mol. The van der Waals surface area contributed by atoms with Gasteiger partial charge in [0.2, 0.25) is 11.8 Å². The third kappa shape index (κ3) is 7.04. The molecule has 2 rings (SSSR count). The summed E-state index contributed by atoms with van der Waals surface area (Å²) >= 11 is 0. The number of alkyl halides is 5. The molecule has 1 saturated heterocycles. The topological polar surface area (TPSA) is 72.9 Å². The first-order valence-electron chi connectivity index (χ1n) is 11.5. The van der Waals surface area contributed by atoms with E-state index in [0.717, 1.165) is 4.90 Å². The molecule has 2 fully saturated rings. The van der Waals surface area contributed by atoms with Gasteiger partial charge in [0, 0.05) is 19.3 Å². The molecule has 11 heteroatoms. The number of carbonyl (C=O) groups excluding carboxylic acids is 3. The third-order valence-corrected chi connectivity index (χ3v) is 6.60. The Hall–Kier alpha value is -1.94. The second-order valence-electron chi connectivity index (χ2n) is 10.8. The summed E-state index contributed by atoms with van der Waals surface area (Å²) in [7, 11) is 0. The van der Waals surface area contributed by atoms with Crippen molar-refractivity contribution in [3.8, 4) is 0 Å². The molecule has 0 aromatic heterocycles. The van der Waals surface area contributed by atoms with Gasteiger partial charge >= 0.3 is 18.2 Å². The normalized spacial score (nSPS) is 23.8. The molecule has 2 aliphatic rings. The molecule has 34 heavy (non-hydrogen) atoms. The van der Waals surface area contributed by atoms with Crippen molar-refractivity contribution in [1.29, 1.82) is 0 Å². The lowest BCUT2D eigenvalue weighted by molar-refractivity contribution is -0.184. The smallest absolute Gasteiger partial charge is 0.416 e. The number of cyclic esters (lactones) is 1. The standard InChI is InChI=1S/C23H34F5NO5/c1-12(2)13(3)16-11-33-20(32)29(16)18(30)15(7-8-23(26,27)28)17(14-9-22(24,25)10-14)19(31)34-21(4,5)6/h12-17H,7-11H2,1-6H3/t13-,15-,16-,17?/m1/s1. The van der Waals surface area contributed by atoms with Gasteiger partial charge in [0.15, 0.2) is 0 Å². The monoisotopic (exact) mass is 499 g/mol. The summed E-state index contributed by atoms with van der Waals surface area (Å²) in [6.07, 6.45) is -9.41. The van der Waals surface area contributed by atoms with E-state index >= 15 is 0 Å². The van der Waals surface area contributed by atoms with Gasteiger partial charge in [-0.25, -0.2) is 18.5 Å². The average Bonchev–Trinajstić information content (AvgIpc) is 3.00. The zero-order chi connectivity index (χ0) is 26.2. The number of amides is 2. The summed E-state index contributed by atoms with van der Waals surface area (Å²) in [5.74, 6) is -9.61. The van der Waals surface area contributed by atoms with Gasteiger partial charge in [0.1, 0.15) is 12.2 Å². The molecule has 2 amide bonds. The minimum atomic E-state index is -4.66. The first-order chi connectivity index (χ1) is 15.3. The fourth-order valence-corrected chi connectivity index (χ4v) is 4.49. The molecule has 1 aliphatic carbocycles. The van der Waals surface area contributed by atoms with Crippen molar-refractivity contribution >= 4 is 18.0 Å². The van der Waals surface area contributed by atoms with Crippen LogP contribution in [0.1, 0.15) is 67.2 Å². The van der Waals surface area contributed by atoms with Gasteiger partial charge in [0.05, 0.1) is 17.9 Å². The summed E-state index contributed by atoms with van der Waals surface area (Å²) in [4.78, 5) is 39.9. The van der Waals surface area contributed by atoms with Crippen LogP contribution < -0.4 is 0 Å². The molecule has 1 heterocycles. The van der Waals surface area contributed by atoms with Crippen molar-refractivity contribution in [1.82, 2.24) is 4.90 Å². The van der Waals surface area contributed by atoms with E-state index in [0.29, 0.717) is 0 Å². The lowest BCUT2D eigenvalue weighted by Gasteiger charge is -2.43. The van der Waals surface area contributed by atoms with E-state index in [1.165, 1.54) is 20.8 Å². The fraction of sp³-hybridized carbons (Fsp3) is 0.870. The Labute approximate surface area is 196 Å². The lowest BCUT2D eigenvalue weighted by Crippen LogP contribution is -2.53. The number of hydrogen-bond donors (Lipinski definition) is 0. The Morgan fingerprint density at radius 2 is 1.71 bits per heavy atom. The Bertz CT molecular complexity index is 769. The first-order valence-corrected chi connectivity index (χ1v) is 11.5. The predicted octanol–water partition coefficient (Wildman–Crippen LogP) is 5.59. The Morgan fingerprint density at radius 3 is 2.15 bits per heavy atom. The Kier molecular flexibility index (Phi) is 8.30. The summed E-state index contributed by atoms with van der Waals surface area (Å²) < 4.78 is 77.2. The van der Waals surface area contributed by atoms with Crippen molar-refractivity contribution in [2.24, 2.45) is 29.6 Å². The van der Waals surface area contributed by atoms with Gasteiger partial charge in [-0.1, -0.05) is 20.8 Å². The maximum absolute atomic E-state index is 13.7. The van der Waals surface area contributed by atoms with Gasteiger partial charge in [0.25, 0.3) is 0 Å². The number of hydrogen-bond acceptors (Lipinski definition) is 5. The van der Waals surface area contributed by atoms with E-state index in [9.17, 15) is 36.3 Å². The van der Waals surface area contributed by atoms with Gasteiger partial charge in [-0.15, -0.1) is 0 Å². The van der Waals surface area contributed by atoms with Gasteiger partial charge in [-0.05, 0) is 44.9 Å². The van der Waals surface area contributed by atoms with Crippen LogP contribution in [0.15, 0.2) is 0 Å². The second-order valence-corrected chi connectivity index (χ2v) is 10.8. The van der Waals surface area contributed by atoms with Crippen molar-refractivity contribution in [3.63, 3.8) is 0 Å². The van der Waals surface area contributed by atoms with Crippen LogP contribution in [0.25, 0.3) is 0 Å².